The van der Waals surface area contributed by atoms with Gasteiger partial charge in [-0.3, -0.25) is 5.10 Å². The third-order valence-electron chi connectivity index (χ3n) is 3.21. The van der Waals surface area contributed by atoms with Crippen LogP contribution in [0, 0.1) is 0 Å². The van der Waals surface area contributed by atoms with E-state index in [2.05, 4.69) is 10.2 Å². The molecule has 1 aromatic heterocycles. The quantitative estimate of drug-likeness (QED) is 0.862. The van der Waals surface area contributed by atoms with Crippen molar-refractivity contribution in [2.45, 2.75) is 30.4 Å². The minimum absolute atomic E-state index is 0.137. The molecule has 7 heteroatoms. The van der Waals surface area contributed by atoms with E-state index in [-0.39, 0.29) is 5.03 Å². The van der Waals surface area contributed by atoms with Crippen molar-refractivity contribution in [3.8, 4) is 0 Å². The topological polar surface area (TPSA) is 75.3 Å². The predicted octanol–water partition coefficient (Wildman–Crippen LogP) is 0.599. The Kier molecular flexibility index (Phi) is 3.24. The van der Waals surface area contributed by atoms with Crippen molar-refractivity contribution in [3.05, 3.63) is 12.3 Å². The lowest BCUT2D eigenvalue weighted by molar-refractivity contribution is -0.0319. The first kappa shape index (κ1) is 12.5. The summed E-state index contributed by atoms with van der Waals surface area (Å²) in [4.78, 5) is 0. The maximum absolute atomic E-state index is 12.3. The van der Waals surface area contributed by atoms with E-state index in [0.29, 0.717) is 13.1 Å². The van der Waals surface area contributed by atoms with Gasteiger partial charge in [0.1, 0.15) is 0 Å². The number of nitrogens with one attached hydrogen (secondary N) is 1. The number of hydrogen-bond acceptors (Lipinski definition) is 4. The summed E-state index contributed by atoms with van der Waals surface area (Å²) in [7, 11) is -1.85. The summed E-state index contributed by atoms with van der Waals surface area (Å²) in [5.74, 6) is 0. The van der Waals surface area contributed by atoms with Crippen LogP contribution in [-0.2, 0) is 14.8 Å². The van der Waals surface area contributed by atoms with Crippen LogP contribution in [0.4, 0.5) is 0 Å². The van der Waals surface area contributed by atoms with Gasteiger partial charge in [-0.25, -0.2) is 8.42 Å². The van der Waals surface area contributed by atoms with Gasteiger partial charge in [0.05, 0.1) is 11.8 Å². The summed E-state index contributed by atoms with van der Waals surface area (Å²) in [6.45, 7) is 2.84. The van der Waals surface area contributed by atoms with Crippen LogP contribution in [0.2, 0.25) is 0 Å². The minimum atomic E-state index is -3.46. The lowest BCUT2D eigenvalue weighted by Gasteiger charge is -2.38. The highest BCUT2D eigenvalue weighted by molar-refractivity contribution is 7.89. The monoisotopic (exact) mass is 259 g/mol. The van der Waals surface area contributed by atoms with Gasteiger partial charge in [-0.1, -0.05) is 0 Å². The summed E-state index contributed by atoms with van der Waals surface area (Å²) in [5.41, 5.74) is -0.397. The second kappa shape index (κ2) is 4.40. The van der Waals surface area contributed by atoms with Gasteiger partial charge in [-0.15, -0.1) is 0 Å². The zero-order chi connectivity index (χ0) is 12.5. The van der Waals surface area contributed by atoms with Gasteiger partial charge >= 0.3 is 0 Å². The standard InChI is InChI=1S/C10H17N3O3S/c1-10(16-2)5-3-7-13(8-10)17(14,15)9-4-6-11-12-9/h4,6H,3,5,7-8H2,1-2H3,(H,11,12). The van der Waals surface area contributed by atoms with Crippen LogP contribution in [0.15, 0.2) is 17.3 Å². The third-order valence-corrected chi connectivity index (χ3v) is 4.98. The normalized spacial score (nSPS) is 27.2. The van der Waals surface area contributed by atoms with Crippen LogP contribution in [0.1, 0.15) is 19.8 Å². The Morgan fingerprint density at radius 1 is 1.59 bits per heavy atom. The first-order valence-electron chi connectivity index (χ1n) is 5.53. The molecule has 0 radical (unpaired) electrons. The molecule has 0 aromatic carbocycles. The molecule has 1 saturated heterocycles. The molecule has 1 aliphatic rings. The highest BCUT2D eigenvalue weighted by Crippen LogP contribution is 2.27. The number of aromatic amines is 1. The third kappa shape index (κ3) is 2.36. The smallest absolute Gasteiger partial charge is 0.260 e. The first-order chi connectivity index (χ1) is 7.98. The van der Waals surface area contributed by atoms with Gasteiger partial charge in [0, 0.05) is 20.2 Å². The second-order valence-electron chi connectivity index (χ2n) is 4.52. The predicted molar refractivity (Wildman–Crippen MR) is 62.0 cm³/mol. The summed E-state index contributed by atoms with van der Waals surface area (Å²) >= 11 is 0. The van der Waals surface area contributed by atoms with Crippen molar-refractivity contribution >= 4 is 10.0 Å². The van der Waals surface area contributed by atoms with Crippen LogP contribution in [0.3, 0.4) is 0 Å². The van der Waals surface area contributed by atoms with Crippen molar-refractivity contribution in [3.63, 3.8) is 0 Å². The van der Waals surface area contributed by atoms with Crippen molar-refractivity contribution in [1.82, 2.24) is 14.5 Å². The Labute approximate surface area is 101 Å². The van der Waals surface area contributed by atoms with Crippen molar-refractivity contribution in [2.75, 3.05) is 20.2 Å². The lowest BCUT2D eigenvalue weighted by atomic mass is 9.96. The van der Waals surface area contributed by atoms with E-state index in [0.717, 1.165) is 12.8 Å². The number of ether oxygens (including phenoxy) is 1. The summed E-state index contributed by atoms with van der Waals surface area (Å²) in [6.07, 6.45) is 3.11. The molecule has 1 fully saturated rings. The molecule has 0 aliphatic carbocycles. The average Bonchev–Trinajstić information content (AvgIpc) is 2.83. The Bertz CT molecular complexity index is 471. The van der Waals surface area contributed by atoms with E-state index < -0.39 is 15.6 Å². The number of sulfonamides is 1. The van der Waals surface area contributed by atoms with E-state index in [1.807, 2.05) is 6.92 Å². The molecular formula is C10H17N3O3S. The first-order valence-corrected chi connectivity index (χ1v) is 6.97. The summed E-state index contributed by atoms with van der Waals surface area (Å²) in [6, 6.07) is 1.47. The molecular weight excluding hydrogens is 242 g/mol. The number of rotatable bonds is 3. The van der Waals surface area contributed by atoms with Gasteiger partial charge < -0.3 is 4.74 Å². The van der Waals surface area contributed by atoms with Gasteiger partial charge in [0.2, 0.25) is 0 Å². The number of H-pyrrole nitrogens is 1. The fourth-order valence-corrected chi connectivity index (χ4v) is 3.55. The summed E-state index contributed by atoms with van der Waals surface area (Å²) in [5, 5.41) is 6.31. The Morgan fingerprint density at radius 3 is 2.94 bits per heavy atom. The van der Waals surface area contributed by atoms with E-state index in [1.54, 1.807) is 7.11 Å². The molecule has 1 aromatic rings. The van der Waals surface area contributed by atoms with Gasteiger partial charge in [0.15, 0.2) is 5.03 Å². The largest absolute Gasteiger partial charge is 0.377 e. The molecule has 2 rings (SSSR count). The zero-order valence-electron chi connectivity index (χ0n) is 10.0. The molecule has 1 aliphatic heterocycles. The fourth-order valence-electron chi connectivity index (χ4n) is 2.06. The fraction of sp³-hybridized carbons (Fsp3) is 0.700. The SMILES string of the molecule is COC1(C)CCCN(S(=O)(=O)c2ccn[nH]2)C1. The molecule has 1 atom stereocenters. The van der Waals surface area contributed by atoms with Gasteiger partial charge in [-0.2, -0.15) is 9.40 Å². The van der Waals surface area contributed by atoms with Crippen LogP contribution in [-0.4, -0.2) is 48.7 Å². The molecule has 6 nitrogen and oxygen atoms in total. The van der Waals surface area contributed by atoms with Crippen molar-refractivity contribution in [1.29, 1.82) is 0 Å². The molecule has 17 heavy (non-hydrogen) atoms. The van der Waals surface area contributed by atoms with Crippen LogP contribution in [0.25, 0.3) is 0 Å². The van der Waals surface area contributed by atoms with Crippen molar-refractivity contribution < 1.29 is 13.2 Å². The van der Waals surface area contributed by atoms with Crippen LogP contribution in [0.5, 0.6) is 0 Å². The number of hydrogen-bond donors (Lipinski definition) is 1. The van der Waals surface area contributed by atoms with E-state index in [1.165, 1.54) is 16.6 Å². The Hall–Kier alpha value is -0.920. The van der Waals surface area contributed by atoms with E-state index in [4.69, 9.17) is 4.74 Å². The van der Waals surface area contributed by atoms with E-state index in [9.17, 15) is 8.42 Å². The second-order valence-corrected chi connectivity index (χ2v) is 6.42. The van der Waals surface area contributed by atoms with Gasteiger partial charge in [0.25, 0.3) is 10.0 Å². The average molecular weight is 259 g/mol. The lowest BCUT2D eigenvalue weighted by Crippen LogP contribution is -2.49. The van der Waals surface area contributed by atoms with Crippen LogP contribution < -0.4 is 0 Å². The maximum atomic E-state index is 12.3. The van der Waals surface area contributed by atoms with Gasteiger partial charge in [-0.05, 0) is 25.8 Å². The highest BCUT2D eigenvalue weighted by Gasteiger charge is 2.37. The number of piperidine rings is 1. The molecule has 1 N–H and O–H groups in total. The van der Waals surface area contributed by atoms with Crippen LogP contribution >= 0.6 is 0 Å². The molecule has 1 unspecified atom stereocenters. The molecule has 0 saturated carbocycles. The Morgan fingerprint density at radius 2 is 2.35 bits per heavy atom. The zero-order valence-corrected chi connectivity index (χ0v) is 10.8. The minimum Gasteiger partial charge on any atom is -0.377 e. The summed E-state index contributed by atoms with van der Waals surface area (Å²) < 4.78 is 31.3. The van der Waals surface area contributed by atoms with E-state index >= 15 is 0 Å². The highest BCUT2D eigenvalue weighted by atomic mass is 32.2. The molecule has 0 bridgehead atoms. The molecule has 2 heterocycles. The van der Waals surface area contributed by atoms with Crippen molar-refractivity contribution in [2.24, 2.45) is 0 Å². The molecule has 0 amide bonds. The Balaban J connectivity index is 2.23. The number of methoxy groups -OCH3 is 1. The maximum Gasteiger partial charge on any atom is 0.260 e. The molecule has 96 valence electrons. The molecule has 0 spiro atoms. The number of aromatic nitrogens is 2. The number of nitrogens with zero attached hydrogens (tertiary/aromatic N) is 2.